The molecule has 0 saturated carbocycles. The van der Waals surface area contributed by atoms with Gasteiger partial charge in [0.05, 0.1) is 6.61 Å². The van der Waals surface area contributed by atoms with Crippen LogP contribution in [-0.4, -0.2) is 46.6 Å². The Morgan fingerprint density at radius 2 is 1.07 bits per heavy atom. The van der Waals surface area contributed by atoms with Crippen molar-refractivity contribution in [3.8, 4) is 0 Å². The summed E-state index contributed by atoms with van der Waals surface area (Å²) in [4.78, 5) is 11.5. The van der Waals surface area contributed by atoms with Crippen molar-refractivity contribution >= 4 is 5.91 Å². The van der Waals surface area contributed by atoms with Gasteiger partial charge in [0.2, 0.25) is 0 Å². The van der Waals surface area contributed by atoms with Gasteiger partial charge in [-0.1, -0.05) is 103 Å². The monoisotopic (exact) mass is 387 g/mol. The Labute approximate surface area is 166 Å². The van der Waals surface area contributed by atoms with E-state index < -0.39 is 24.7 Å². The molecule has 0 spiro atoms. The minimum absolute atomic E-state index is 0.506. The first-order valence-electron chi connectivity index (χ1n) is 11.4. The predicted molar refractivity (Wildman–Crippen MR) is 112 cm³/mol. The van der Waals surface area contributed by atoms with Crippen LogP contribution in [0.3, 0.4) is 0 Å². The first-order chi connectivity index (χ1) is 13.1. The zero-order chi connectivity index (χ0) is 20.2. The topological polar surface area (TPSA) is 89.8 Å². The lowest BCUT2D eigenvalue weighted by Gasteiger charge is -2.15. The summed E-state index contributed by atoms with van der Waals surface area (Å²) in [5.41, 5.74) is 0. The van der Waals surface area contributed by atoms with Gasteiger partial charge < -0.3 is 20.6 Å². The average Bonchev–Trinajstić information content (AvgIpc) is 2.68. The van der Waals surface area contributed by atoms with Crippen LogP contribution in [-0.2, 0) is 4.79 Å². The molecule has 0 bridgehead atoms. The van der Waals surface area contributed by atoms with E-state index >= 15 is 0 Å². The molecule has 0 fully saturated rings. The van der Waals surface area contributed by atoms with E-state index in [2.05, 4.69) is 12.2 Å². The number of unbranched alkanes of at least 4 members (excludes halogenated alkanes) is 15. The highest BCUT2D eigenvalue weighted by atomic mass is 16.4. The normalized spacial score (nSPS) is 13.5. The van der Waals surface area contributed by atoms with Crippen LogP contribution < -0.4 is 5.32 Å². The summed E-state index contributed by atoms with van der Waals surface area (Å²) in [6.45, 7) is 2.15. The molecule has 2 atom stereocenters. The second-order valence-corrected chi connectivity index (χ2v) is 7.79. The molecule has 0 saturated heterocycles. The van der Waals surface area contributed by atoms with Crippen LogP contribution in [0.5, 0.6) is 0 Å². The van der Waals surface area contributed by atoms with E-state index in [-0.39, 0.29) is 0 Å². The Morgan fingerprint density at radius 3 is 1.44 bits per heavy atom. The maximum absolute atomic E-state index is 11.5. The van der Waals surface area contributed by atoms with Gasteiger partial charge >= 0.3 is 0 Å². The second-order valence-electron chi connectivity index (χ2n) is 7.79. The van der Waals surface area contributed by atoms with Crippen molar-refractivity contribution in [1.29, 1.82) is 0 Å². The van der Waals surface area contributed by atoms with Crippen LogP contribution in [0, 0.1) is 0 Å². The molecule has 1 amide bonds. The van der Waals surface area contributed by atoms with E-state index in [1.165, 1.54) is 89.9 Å². The van der Waals surface area contributed by atoms with Crippen LogP contribution in [0.15, 0.2) is 0 Å². The van der Waals surface area contributed by atoms with Crippen molar-refractivity contribution < 1.29 is 20.1 Å². The summed E-state index contributed by atoms with van der Waals surface area (Å²) in [6, 6.07) is 0. The lowest BCUT2D eigenvalue weighted by atomic mass is 10.0. The molecule has 0 aromatic carbocycles. The molecule has 0 heterocycles. The molecule has 0 aliphatic heterocycles. The number of carbonyl (C=O) groups is 1. The molecule has 4 N–H and O–H groups in total. The van der Waals surface area contributed by atoms with Crippen molar-refractivity contribution in [2.75, 3.05) is 13.2 Å². The van der Waals surface area contributed by atoms with Crippen molar-refractivity contribution in [2.45, 2.75) is 122 Å². The smallest absolute Gasteiger partial charge is 0.251 e. The third-order valence-electron chi connectivity index (χ3n) is 5.15. The van der Waals surface area contributed by atoms with Gasteiger partial charge in [0.25, 0.3) is 5.91 Å². The van der Waals surface area contributed by atoms with E-state index in [0.717, 1.165) is 12.8 Å². The van der Waals surface area contributed by atoms with Crippen LogP contribution >= 0.6 is 0 Å². The number of nitrogens with one attached hydrogen (secondary N) is 1. The molecule has 0 radical (unpaired) electrons. The molecule has 5 nitrogen and oxygen atoms in total. The van der Waals surface area contributed by atoms with Gasteiger partial charge in [0, 0.05) is 6.54 Å². The number of rotatable bonds is 20. The Morgan fingerprint density at radius 1 is 0.704 bits per heavy atom. The fraction of sp³-hybridized carbons (Fsp3) is 0.955. The van der Waals surface area contributed by atoms with Crippen LogP contribution in [0.25, 0.3) is 0 Å². The maximum atomic E-state index is 11.5. The van der Waals surface area contributed by atoms with Crippen molar-refractivity contribution in [1.82, 2.24) is 5.32 Å². The Bertz CT molecular complexity index is 325. The highest BCUT2D eigenvalue weighted by Crippen LogP contribution is 2.13. The van der Waals surface area contributed by atoms with Gasteiger partial charge in [-0.05, 0) is 6.42 Å². The molecule has 0 aromatic rings. The molecule has 27 heavy (non-hydrogen) atoms. The first-order valence-corrected chi connectivity index (χ1v) is 11.4. The zero-order valence-corrected chi connectivity index (χ0v) is 17.6. The summed E-state index contributed by atoms with van der Waals surface area (Å²) in [7, 11) is 0. The quantitative estimate of drug-likeness (QED) is 0.237. The summed E-state index contributed by atoms with van der Waals surface area (Å²) in [6.07, 6.45) is 18.0. The number of aliphatic hydroxyl groups excluding tert-OH is 3. The molecule has 0 aliphatic carbocycles. The van der Waals surface area contributed by atoms with Gasteiger partial charge in [0.15, 0.2) is 6.10 Å². The first kappa shape index (κ1) is 26.4. The fourth-order valence-electron chi connectivity index (χ4n) is 3.26. The zero-order valence-electron chi connectivity index (χ0n) is 17.6. The van der Waals surface area contributed by atoms with E-state index in [0.29, 0.717) is 6.54 Å². The van der Waals surface area contributed by atoms with E-state index in [1.807, 2.05) is 0 Å². The molecular weight excluding hydrogens is 342 g/mol. The third kappa shape index (κ3) is 17.2. The van der Waals surface area contributed by atoms with Gasteiger partial charge in [0.1, 0.15) is 6.10 Å². The Kier molecular flexibility index (Phi) is 19.6. The minimum atomic E-state index is -1.55. The minimum Gasteiger partial charge on any atom is -0.394 e. The van der Waals surface area contributed by atoms with Gasteiger partial charge in [-0.3, -0.25) is 4.79 Å². The number of carbonyl (C=O) groups excluding carboxylic acids is 1. The highest BCUT2D eigenvalue weighted by molar-refractivity contribution is 5.81. The average molecular weight is 388 g/mol. The fourth-order valence-corrected chi connectivity index (χ4v) is 3.26. The SMILES string of the molecule is CCCCCCCCCCCCCCCCCCNC(=O)C(O)C(O)CO. The maximum Gasteiger partial charge on any atom is 0.251 e. The van der Waals surface area contributed by atoms with Crippen molar-refractivity contribution in [3.63, 3.8) is 0 Å². The Balaban J connectivity index is 3.20. The standard InChI is InChI=1S/C22H45NO4/c1-2-3-4-5-6-7-8-9-10-11-12-13-14-15-16-17-18-23-22(27)21(26)20(25)19-24/h20-21,24-26H,2-19H2,1H3,(H,23,27). The molecule has 5 heteroatoms. The van der Waals surface area contributed by atoms with E-state index in [4.69, 9.17) is 5.11 Å². The third-order valence-corrected chi connectivity index (χ3v) is 5.15. The summed E-state index contributed by atoms with van der Waals surface area (Å²) < 4.78 is 0. The Hall–Kier alpha value is -0.650. The van der Waals surface area contributed by atoms with Gasteiger partial charge in [-0.2, -0.15) is 0 Å². The van der Waals surface area contributed by atoms with Crippen LogP contribution in [0.1, 0.15) is 110 Å². The summed E-state index contributed by atoms with van der Waals surface area (Å²) in [5.74, 6) is -0.613. The number of hydrogen-bond acceptors (Lipinski definition) is 4. The molecule has 0 aromatic heterocycles. The lowest BCUT2D eigenvalue weighted by molar-refractivity contribution is -0.136. The molecular formula is C22H45NO4. The molecule has 0 aliphatic rings. The summed E-state index contributed by atoms with van der Waals surface area (Å²) >= 11 is 0. The van der Waals surface area contributed by atoms with E-state index in [1.54, 1.807) is 0 Å². The number of amides is 1. The van der Waals surface area contributed by atoms with Crippen molar-refractivity contribution in [2.24, 2.45) is 0 Å². The molecule has 0 rings (SSSR count). The number of hydrogen-bond donors (Lipinski definition) is 4. The van der Waals surface area contributed by atoms with Crippen LogP contribution in [0.4, 0.5) is 0 Å². The van der Waals surface area contributed by atoms with Gasteiger partial charge in [-0.25, -0.2) is 0 Å². The lowest BCUT2D eigenvalue weighted by Crippen LogP contribution is -2.43. The highest BCUT2D eigenvalue weighted by Gasteiger charge is 2.22. The van der Waals surface area contributed by atoms with Crippen LogP contribution in [0.2, 0.25) is 0 Å². The predicted octanol–water partition coefficient (Wildman–Crippen LogP) is 4.08. The van der Waals surface area contributed by atoms with Gasteiger partial charge in [-0.15, -0.1) is 0 Å². The second kappa shape index (κ2) is 20.1. The molecule has 2 unspecified atom stereocenters. The van der Waals surface area contributed by atoms with Crippen molar-refractivity contribution in [3.05, 3.63) is 0 Å². The summed E-state index contributed by atoms with van der Waals surface area (Å²) in [5, 5.41) is 29.9. The molecule has 162 valence electrons. The van der Waals surface area contributed by atoms with E-state index in [9.17, 15) is 15.0 Å². The largest absolute Gasteiger partial charge is 0.394 e. The number of aliphatic hydroxyl groups is 3.